The number of aromatic nitrogens is 3. The van der Waals surface area contributed by atoms with Crippen LogP contribution in [0.25, 0.3) is 0 Å². The fraction of sp³-hybridized carbons (Fsp3) is 0.308. The molecular formula is C13H16N4. The van der Waals surface area contributed by atoms with Gasteiger partial charge in [0.25, 0.3) is 0 Å². The molecule has 0 amide bonds. The molecule has 0 aliphatic heterocycles. The second kappa shape index (κ2) is 4.91. The monoisotopic (exact) mass is 228 g/mol. The highest BCUT2D eigenvalue weighted by Gasteiger charge is 2.06. The van der Waals surface area contributed by atoms with Gasteiger partial charge in [0.05, 0.1) is 17.6 Å². The molecule has 4 heteroatoms. The molecule has 1 aromatic heterocycles. The minimum absolute atomic E-state index is 0.320. The predicted octanol–water partition coefficient (Wildman–Crippen LogP) is 3.00. The molecule has 4 nitrogen and oxygen atoms in total. The molecular weight excluding hydrogens is 212 g/mol. The summed E-state index contributed by atoms with van der Waals surface area (Å²) in [6.45, 7) is 6.09. The molecule has 1 aromatic carbocycles. The molecule has 0 aliphatic rings. The predicted molar refractivity (Wildman–Crippen MR) is 68.7 cm³/mol. The van der Waals surface area contributed by atoms with E-state index in [0.29, 0.717) is 6.04 Å². The van der Waals surface area contributed by atoms with Crippen molar-refractivity contribution in [2.45, 2.75) is 26.8 Å². The van der Waals surface area contributed by atoms with Gasteiger partial charge in [-0.3, -0.25) is 4.99 Å². The highest BCUT2D eigenvalue weighted by molar-refractivity contribution is 5.98. The SMILES string of the molecule is CC(=Nc1ccccc1)c1cn(C(C)C)nn1. The van der Waals surface area contributed by atoms with E-state index in [2.05, 4.69) is 29.2 Å². The standard InChI is InChI=1S/C13H16N4/c1-10(2)17-9-13(15-16-17)11(3)14-12-7-5-4-6-8-12/h4-10H,1-3H3. The fourth-order valence-electron chi connectivity index (χ4n) is 1.45. The summed E-state index contributed by atoms with van der Waals surface area (Å²) in [6.07, 6.45) is 1.92. The highest BCUT2D eigenvalue weighted by Crippen LogP contribution is 2.12. The molecule has 2 aromatic rings. The Morgan fingerprint density at radius 2 is 1.94 bits per heavy atom. The molecule has 0 radical (unpaired) electrons. The van der Waals surface area contributed by atoms with Gasteiger partial charge in [0.2, 0.25) is 0 Å². The summed E-state index contributed by atoms with van der Waals surface area (Å²) >= 11 is 0. The van der Waals surface area contributed by atoms with Crippen molar-refractivity contribution >= 4 is 11.4 Å². The van der Waals surface area contributed by atoms with E-state index in [1.54, 1.807) is 0 Å². The van der Waals surface area contributed by atoms with Crippen LogP contribution in [0.1, 0.15) is 32.5 Å². The van der Waals surface area contributed by atoms with E-state index in [-0.39, 0.29) is 0 Å². The topological polar surface area (TPSA) is 43.1 Å². The average Bonchev–Trinajstić information content (AvgIpc) is 2.79. The van der Waals surface area contributed by atoms with Crippen LogP contribution in [0.15, 0.2) is 41.5 Å². The van der Waals surface area contributed by atoms with Crippen molar-refractivity contribution < 1.29 is 0 Å². The summed E-state index contributed by atoms with van der Waals surface area (Å²) in [6, 6.07) is 10.2. The van der Waals surface area contributed by atoms with Crippen molar-refractivity contribution in [2.24, 2.45) is 4.99 Å². The fourth-order valence-corrected chi connectivity index (χ4v) is 1.45. The first kappa shape index (κ1) is 11.5. The maximum atomic E-state index is 4.50. The molecule has 0 fully saturated rings. The lowest BCUT2D eigenvalue weighted by atomic mass is 10.3. The van der Waals surface area contributed by atoms with E-state index in [4.69, 9.17) is 0 Å². The van der Waals surface area contributed by atoms with E-state index in [0.717, 1.165) is 17.1 Å². The number of aliphatic imine (C=N–C) groups is 1. The van der Waals surface area contributed by atoms with Crippen LogP contribution in [-0.2, 0) is 0 Å². The summed E-state index contributed by atoms with van der Waals surface area (Å²) in [5.41, 5.74) is 2.63. The number of rotatable bonds is 3. The van der Waals surface area contributed by atoms with Gasteiger partial charge < -0.3 is 0 Å². The molecule has 0 unspecified atom stereocenters. The van der Waals surface area contributed by atoms with Crippen molar-refractivity contribution in [1.29, 1.82) is 0 Å². The van der Waals surface area contributed by atoms with Gasteiger partial charge in [0.15, 0.2) is 0 Å². The number of para-hydroxylation sites is 1. The van der Waals surface area contributed by atoms with Crippen LogP contribution in [0.5, 0.6) is 0 Å². The lowest BCUT2D eigenvalue weighted by molar-refractivity contribution is 0.514. The van der Waals surface area contributed by atoms with Crippen molar-refractivity contribution in [3.8, 4) is 0 Å². The third-order valence-corrected chi connectivity index (χ3v) is 2.46. The van der Waals surface area contributed by atoms with Crippen LogP contribution in [0.4, 0.5) is 5.69 Å². The highest BCUT2D eigenvalue weighted by atomic mass is 15.4. The lowest BCUT2D eigenvalue weighted by Gasteiger charge is -2.01. The normalized spacial score (nSPS) is 12.1. The van der Waals surface area contributed by atoms with Crippen LogP contribution >= 0.6 is 0 Å². The van der Waals surface area contributed by atoms with E-state index >= 15 is 0 Å². The number of hydrogen-bond acceptors (Lipinski definition) is 3. The molecule has 2 rings (SSSR count). The Morgan fingerprint density at radius 3 is 2.53 bits per heavy atom. The second-order valence-corrected chi connectivity index (χ2v) is 4.21. The summed E-state index contributed by atoms with van der Waals surface area (Å²) in [5.74, 6) is 0. The largest absolute Gasteiger partial charge is 0.251 e. The van der Waals surface area contributed by atoms with Gasteiger partial charge in [-0.2, -0.15) is 0 Å². The minimum atomic E-state index is 0.320. The van der Waals surface area contributed by atoms with Crippen LogP contribution in [-0.4, -0.2) is 20.7 Å². The summed E-state index contributed by atoms with van der Waals surface area (Å²) in [4.78, 5) is 4.50. The van der Waals surface area contributed by atoms with Crippen molar-refractivity contribution in [3.05, 3.63) is 42.2 Å². The Bertz CT molecular complexity index is 511. The zero-order valence-electron chi connectivity index (χ0n) is 10.3. The molecule has 0 aliphatic carbocycles. The average molecular weight is 228 g/mol. The molecule has 0 atom stereocenters. The molecule has 0 N–H and O–H groups in total. The van der Waals surface area contributed by atoms with Crippen LogP contribution in [0, 0.1) is 0 Å². The van der Waals surface area contributed by atoms with Crippen LogP contribution in [0.2, 0.25) is 0 Å². The minimum Gasteiger partial charge on any atom is -0.251 e. The Labute approximate surface area is 101 Å². The van der Waals surface area contributed by atoms with Gasteiger partial charge in [0.1, 0.15) is 5.69 Å². The summed E-state index contributed by atoms with van der Waals surface area (Å²) in [7, 11) is 0. The first-order valence-electron chi connectivity index (χ1n) is 5.69. The Kier molecular flexibility index (Phi) is 3.32. The zero-order valence-corrected chi connectivity index (χ0v) is 10.3. The number of hydrogen-bond donors (Lipinski definition) is 0. The third-order valence-electron chi connectivity index (χ3n) is 2.46. The van der Waals surface area contributed by atoms with Crippen molar-refractivity contribution in [1.82, 2.24) is 15.0 Å². The molecule has 0 bridgehead atoms. The maximum Gasteiger partial charge on any atom is 0.126 e. The Balaban J connectivity index is 2.24. The smallest absolute Gasteiger partial charge is 0.126 e. The molecule has 0 saturated heterocycles. The van der Waals surface area contributed by atoms with Gasteiger partial charge in [-0.15, -0.1) is 5.10 Å². The first-order valence-corrected chi connectivity index (χ1v) is 5.69. The van der Waals surface area contributed by atoms with Crippen molar-refractivity contribution in [2.75, 3.05) is 0 Å². The van der Waals surface area contributed by atoms with Gasteiger partial charge in [0, 0.05) is 6.04 Å². The lowest BCUT2D eigenvalue weighted by Crippen LogP contribution is -2.00. The number of benzene rings is 1. The molecule has 1 heterocycles. The second-order valence-electron chi connectivity index (χ2n) is 4.21. The Morgan fingerprint density at radius 1 is 1.24 bits per heavy atom. The molecule has 17 heavy (non-hydrogen) atoms. The zero-order chi connectivity index (χ0) is 12.3. The van der Waals surface area contributed by atoms with Crippen LogP contribution < -0.4 is 0 Å². The molecule has 0 spiro atoms. The van der Waals surface area contributed by atoms with Crippen molar-refractivity contribution in [3.63, 3.8) is 0 Å². The summed E-state index contributed by atoms with van der Waals surface area (Å²) < 4.78 is 1.83. The quantitative estimate of drug-likeness (QED) is 0.758. The van der Waals surface area contributed by atoms with E-state index in [9.17, 15) is 0 Å². The first-order chi connectivity index (χ1) is 8.16. The van der Waals surface area contributed by atoms with Crippen LogP contribution in [0.3, 0.4) is 0 Å². The van der Waals surface area contributed by atoms with Gasteiger partial charge in [-0.25, -0.2) is 4.68 Å². The van der Waals surface area contributed by atoms with E-state index in [1.165, 1.54) is 0 Å². The van der Waals surface area contributed by atoms with Gasteiger partial charge in [-0.05, 0) is 32.9 Å². The van der Waals surface area contributed by atoms with Gasteiger partial charge >= 0.3 is 0 Å². The third kappa shape index (κ3) is 2.78. The molecule has 88 valence electrons. The van der Waals surface area contributed by atoms with Gasteiger partial charge in [-0.1, -0.05) is 23.4 Å². The number of nitrogens with zero attached hydrogens (tertiary/aromatic N) is 4. The Hall–Kier alpha value is -1.97. The summed E-state index contributed by atoms with van der Waals surface area (Å²) in [5, 5.41) is 8.18. The maximum absolute atomic E-state index is 4.50. The van der Waals surface area contributed by atoms with E-state index in [1.807, 2.05) is 48.1 Å². The molecule has 0 saturated carbocycles. The van der Waals surface area contributed by atoms with E-state index < -0.39 is 0 Å².